The zero-order valence-electron chi connectivity index (χ0n) is 15.2. The summed E-state index contributed by atoms with van der Waals surface area (Å²) in [5.74, 6) is -0.939. The van der Waals surface area contributed by atoms with E-state index >= 15 is 0 Å². The van der Waals surface area contributed by atoms with Crippen LogP contribution in [0.5, 0.6) is 0 Å². The number of carboxylic acid groups (broad SMARTS) is 1. The van der Waals surface area contributed by atoms with Gasteiger partial charge in [0, 0.05) is 29.0 Å². The molecule has 2 aromatic heterocycles. The minimum atomic E-state index is -0.697. The number of rotatable bonds is 5. The first kappa shape index (κ1) is 18.8. The van der Waals surface area contributed by atoms with Gasteiger partial charge in [-0.2, -0.15) is 0 Å². The molecule has 1 aliphatic heterocycles. The molecule has 8 heteroatoms. The summed E-state index contributed by atoms with van der Waals surface area (Å²) in [6.07, 6.45) is 4.85. The van der Waals surface area contributed by atoms with E-state index in [1.165, 1.54) is 0 Å². The van der Waals surface area contributed by atoms with Crippen LogP contribution in [0.25, 0.3) is 16.9 Å². The van der Waals surface area contributed by atoms with Crippen molar-refractivity contribution in [3.05, 3.63) is 59.0 Å². The van der Waals surface area contributed by atoms with E-state index in [4.69, 9.17) is 0 Å². The fourth-order valence-corrected chi connectivity index (χ4v) is 3.94. The summed E-state index contributed by atoms with van der Waals surface area (Å²) >= 11 is 3.52. The normalized spacial score (nSPS) is 15.6. The molecule has 28 heavy (non-hydrogen) atoms. The highest BCUT2D eigenvalue weighted by molar-refractivity contribution is 9.10. The second-order valence-electron chi connectivity index (χ2n) is 6.90. The topological polar surface area (TPSA) is 84.1 Å². The monoisotopic (exact) mass is 441 g/mol. The Morgan fingerprint density at radius 1 is 1.18 bits per heavy atom. The molecule has 1 saturated heterocycles. The van der Waals surface area contributed by atoms with Crippen molar-refractivity contribution >= 4 is 21.9 Å². The molecule has 1 fully saturated rings. The standard InChI is InChI=1S/C20H20BrN5O2/c21-16-2-1-3-17(12-16)26-19(14-4-8-22-9-5-14)18(23-24-26)13-25-10-6-15(7-11-25)20(27)28/h1-5,8-9,12,15H,6-7,10-11,13H2,(H,27,28). The third-order valence-corrected chi connectivity index (χ3v) is 5.55. The Kier molecular flexibility index (Phi) is 5.50. The largest absolute Gasteiger partial charge is 0.481 e. The molecular weight excluding hydrogens is 422 g/mol. The number of halogens is 1. The Hall–Kier alpha value is -2.58. The molecule has 0 aliphatic carbocycles. The maximum atomic E-state index is 11.2. The van der Waals surface area contributed by atoms with E-state index in [9.17, 15) is 9.90 Å². The number of pyridine rings is 1. The van der Waals surface area contributed by atoms with Crippen molar-refractivity contribution in [3.63, 3.8) is 0 Å². The lowest BCUT2D eigenvalue weighted by Crippen LogP contribution is -2.36. The minimum absolute atomic E-state index is 0.242. The first-order valence-corrected chi connectivity index (χ1v) is 9.97. The number of benzene rings is 1. The summed E-state index contributed by atoms with van der Waals surface area (Å²) < 4.78 is 2.82. The molecule has 0 unspecified atom stereocenters. The molecule has 1 aliphatic rings. The zero-order chi connectivity index (χ0) is 19.5. The van der Waals surface area contributed by atoms with Crippen LogP contribution in [0.3, 0.4) is 0 Å². The molecule has 144 valence electrons. The van der Waals surface area contributed by atoms with Gasteiger partial charge in [-0.05, 0) is 56.3 Å². The van der Waals surface area contributed by atoms with Gasteiger partial charge in [0.25, 0.3) is 0 Å². The van der Waals surface area contributed by atoms with Gasteiger partial charge in [-0.3, -0.25) is 14.7 Å². The number of likely N-dealkylation sites (tertiary alicyclic amines) is 1. The lowest BCUT2D eigenvalue weighted by atomic mass is 9.97. The highest BCUT2D eigenvalue weighted by Crippen LogP contribution is 2.28. The smallest absolute Gasteiger partial charge is 0.306 e. The van der Waals surface area contributed by atoms with Crippen molar-refractivity contribution in [2.24, 2.45) is 5.92 Å². The molecule has 0 radical (unpaired) electrons. The van der Waals surface area contributed by atoms with E-state index in [2.05, 4.69) is 36.1 Å². The molecule has 7 nitrogen and oxygen atoms in total. The first-order valence-electron chi connectivity index (χ1n) is 9.18. The van der Waals surface area contributed by atoms with Crippen molar-refractivity contribution in [1.29, 1.82) is 0 Å². The summed E-state index contributed by atoms with van der Waals surface area (Å²) in [6.45, 7) is 2.13. The van der Waals surface area contributed by atoms with Crippen molar-refractivity contribution < 1.29 is 9.90 Å². The van der Waals surface area contributed by atoms with E-state index < -0.39 is 5.97 Å². The summed E-state index contributed by atoms with van der Waals surface area (Å²) in [5.41, 5.74) is 3.72. The Balaban J connectivity index is 1.66. The van der Waals surface area contributed by atoms with E-state index in [0.29, 0.717) is 19.4 Å². The summed E-state index contributed by atoms with van der Waals surface area (Å²) in [4.78, 5) is 17.6. The highest BCUT2D eigenvalue weighted by Gasteiger charge is 2.26. The maximum absolute atomic E-state index is 11.2. The van der Waals surface area contributed by atoms with Crippen LogP contribution in [0.15, 0.2) is 53.3 Å². The molecule has 0 spiro atoms. The summed E-state index contributed by atoms with van der Waals surface area (Å²) in [5, 5.41) is 18.1. The number of aromatic nitrogens is 4. The maximum Gasteiger partial charge on any atom is 0.306 e. The Bertz CT molecular complexity index is 968. The molecule has 0 saturated carbocycles. The van der Waals surface area contributed by atoms with Crippen molar-refractivity contribution in [2.75, 3.05) is 13.1 Å². The second-order valence-corrected chi connectivity index (χ2v) is 7.82. The van der Waals surface area contributed by atoms with E-state index in [0.717, 1.165) is 40.2 Å². The second kappa shape index (κ2) is 8.20. The lowest BCUT2D eigenvalue weighted by Gasteiger charge is -2.29. The van der Waals surface area contributed by atoms with Crippen LogP contribution in [0.2, 0.25) is 0 Å². The molecule has 0 amide bonds. The van der Waals surface area contributed by atoms with Gasteiger partial charge in [0.15, 0.2) is 0 Å². The summed E-state index contributed by atoms with van der Waals surface area (Å²) in [7, 11) is 0. The number of hydrogen-bond acceptors (Lipinski definition) is 5. The van der Waals surface area contributed by atoms with E-state index in [1.54, 1.807) is 12.4 Å². The van der Waals surface area contributed by atoms with Gasteiger partial charge in [0.1, 0.15) is 5.69 Å². The number of aliphatic carboxylic acids is 1. The van der Waals surface area contributed by atoms with Crippen molar-refractivity contribution in [1.82, 2.24) is 24.9 Å². The van der Waals surface area contributed by atoms with Crippen LogP contribution in [0.4, 0.5) is 0 Å². The lowest BCUT2D eigenvalue weighted by molar-refractivity contribution is -0.143. The molecule has 3 heterocycles. The molecule has 0 bridgehead atoms. The third-order valence-electron chi connectivity index (χ3n) is 5.06. The van der Waals surface area contributed by atoms with Crippen LogP contribution >= 0.6 is 15.9 Å². The Morgan fingerprint density at radius 3 is 2.61 bits per heavy atom. The Morgan fingerprint density at radius 2 is 1.93 bits per heavy atom. The predicted molar refractivity (Wildman–Crippen MR) is 108 cm³/mol. The minimum Gasteiger partial charge on any atom is -0.481 e. The number of carboxylic acids is 1. The first-order chi connectivity index (χ1) is 13.6. The van der Waals surface area contributed by atoms with Crippen molar-refractivity contribution in [2.45, 2.75) is 19.4 Å². The number of carbonyl (C=O) groups is 1. The zero-order valence-corrected chi connectivity index (χ0v) is 16.8. The van der Waals surface area contributed by atoms with Gasteiger partial charge in [-0.1, -0.05) is 27.2 Å². The average molecular weight is 442 g/mol. The fraction of sp³-hybridized carbons (Fsp3) is 0.300. The third kappa shape index (κ3) is 3.98. The molecule has 3 aromatic rings. The van der Waals surface area contributed by atoms with Gasteiger partial charge in [-0.25, -0.2) is 4.68 Å². The SMILES string of the molecule is O=C(O)C1CCN(Cc2nnn(-c3cccc(Br)c3)c2-c2ccncc2)CC1. The van der Waals surface area contributed by atoms with Crippen LogP contribution in [0.1, 0.15) is 18.5 Å². The molecule has 1 aromatic carbocycles. The molecular formula is C20H20BrN5O2. The van der Waals surface area contributed by atoms with Gasteiger partial charge in [0.05, 0.1) is 17.3 Å². The molecule has 4 rings (SSSR count). The van der Waals surface area contributed by atoms with Crippen LogP contribution < -0.4 is 0 Å². The Labute approximate surface area is 171 Å². The average Bonchev–Trinajstić information content (AvgIpc) is 3.12. The van der Waals surface area contributed by atoms with Crippen LogP contribution in [0, 0.1) is 5.92 Å². The van der Waals surface area contributed by atoms with Crippen LogP contribution in [-0.2, 0) is 11.3 Å². The fourth-order valence-electron chi connectivity index (χ4n) is 3.56. The van der Waals surface area contributed by atoms with E-state index in [-0.39, 0.29) is 5.92 Å². The van der Waals surface area contributed by atoms with Gasteiger partial charge >= 0.3 is 5.97 Å². The number of hydrogen-bond donors (Lipinski definition) is 1. The highest BCUT2D eigenvalue weighted by atomic mass is 79.9. The predicted octanol–water partition coefficient (Wildman–Crippen LogP) is 3.39. The van der Waals surface area contributed by atoms with E-state index in [1.807, 2.05) is 41.1 Å². The van der Waals surface area contributed by atoms with Gasteiger partial charge < -0.3 is 5.11 Å². The quantitative estimate of drug-likeness (QED) is 0.652. The van der Waals surface area contributed by atoms with Crippen molar-refractivity contribution in [3.8, 4) is 16.9 Å². The van der Waals surface area contributed by atoms with Gasteiger partial charge in [-0.15, -0.1) is 5.10 Å². The molecule has 0 atom stereocenters. The summed E-state index contributed by atoms with van der Waals surface area (Å²) in [6, 6.07) is 11.8. The molecule has 1 N–H and O–H groups in total. The van der Waals surface area contributed by atoms with Gasteiger partial charge in [0.2, 0.25) is 0 Å². The number of nitrogens with zero attached hydrogens (tertiary/aromatic N) is 5. The van der Waals surface area contributed by atoms with Crippen LogP contribution in [-0.4, -0.2) is 49.0 Å². The number of piperidine rings is 1.